The van der Waals surface area contributed by atoms with Crippen LogP contribution in [0.5, 0.6) is 0 Å². The van der Waals surface area contributed by atoms with Crippen molar-refractivity contribution in [2.75, 3.05) is 18.4 Å². The highest BCUT2D eigenvalue weighted by atomic mass is 19.4. The lowest BCUT2D eigenvalue weighted by Crippen LogP contribution is -2.49. The predicted octanol–water partition coefficient (Wildman–Crippen LogP) is 2.58. The Morgan fingerprint density at radius 1 is 1.19 bits per heavy atom. The molecule has 1 aliphatic rings. The Bertz CT molecular complexity index is 566. The Morgan fingerprint density at radius 2 is 1.86 bits per heavy atom. The minimum Gasteiger partial charge on any atom is -0.323 e. The van der Waals surface area contributed by atoms with Gasteiger partial charge in [-0.25, -0.2) is 13.2 Å². The molecule has 0 radical (unpaired) electrons. The van der Waals surface area contributed by atoms with Crippen LogP contribution in [-0.2, 0) is 4.79 Å². The minimum absolute atomic E-state index is 0.0345. The highest BCUT2D eigenvalue weighted by Gasteiger charge is 2.61. The summed E-state index contributed by atoms with van der Waals surface area (Å²) < 4.78 is 78.4. The van der Waals surface area contributed by atoms with E-state index in [1.165, 1.54) is 0 Å². The minimum atomic E-state index is -4.85. The number of halogens is 6. The summed E-state index contributed by atoms with van der Waals surface area (Å²) in [6.07, 6.45) is -5.37. The monoisotopic (exact) mass is 312 g/mol. The molecular formula is C12H10F6N2O. The van der Waals surface area contributed by atoms with Crippen molar-refractivity contribution in [2.24, 2.45) is 5.41 Å². The molecule has 1 saturated heterocycles. The molecule has 9 heteroatoms. The van der Waals surface area contributed by atoms with E-state index in [1.54, 1.807) is 5.32 Å². The van der Waals surface area contributed by atoms with Crippen LogP contribution in [0.3, 0.4) is 0 Å². The fraction of sp³-hybridized carbons (Fsp3) is 0.417. The summed E-state index contributed by atoms with van der Waals surface area (Å²) in [5.74, 6) is -6.62. The van der Waals surface area contributed by atoms with Gasteiger partial charge in [0, 0.05) is 6.54 Å². The average Bonchev–Trinajstić information content (AvgIpc) is 2.89. The van der Waals surface area contributed by atoms with E-state index in [-0.39, 0.29) is 6.54 Å². The number of carbonyl (C=O) groups excluding carboxylic acids is 1. The van der Waals surface area contributed by atoms with E-state index in [0.29, 0.717) is 12.1 Å². The molecule has 1 unspecified atom stereocenters. The SMILES string of the molecule is O=C(Nc1ccc(F)c(F)c1F)C1(C(F)(F)F)CCNC1. The molecule has 1 amide bonds. The topological polar surface area (TPSA) is 41.1 Å². The maximum Gasteiger partial charge on any atom is 0.404 e. The summed E-state index contributed by atoms with van der Waals surface area (Å²) in [4.78, 5) is 11.9. The Labute approximate surface area is 115 Å². The molecule has 0 saturated carbocycles. The quantitative estimate of drug-likeness (QED) is 0.651. The van der Waals surface area contributed by atoms with Gasteiger partial charge in [-0.2, -0.15) is 13.2 Å². The van der Waals surface area contributed by atoms with Gasteiger partial charge in [-0.3, -0.25) is 4.79 Å². The van der Waals surface area contributed by atoms with Crippen LogP contribution in [-0.4, -0.2) is 25.2 Å². The smallest absolute Gasteiger partial charge is 0.323 e. The van der Waals surface area contributed by atoms with Crippen molar-refractivity contribution in [3.63, 3.8) is 0 Å². The van der Waals surface area contributed by atoms with E-state index in [9.17, 15) is 31.1 Å². The maximum absolute atomic E-state index is 13.4. The van der Waals surface area contributed by atoms with Crippen LogP contribution in [0.25, 0.3) is 0 Å². The van der Waals surface area contributed by atoms with Gasteiger partial charge in [-0.15, -0.1) is 0 Å². The lowest BCUT2D eigenvalue weighted by atomic mass is 9.85. The second kappa shape index (κ2) is 5.21. The van der Waals surface area contributed by atoms with Gasteiger partial charge in [0.25, 0.3) is 0 Å². The molecular weight excluding hydrogens is 302 g/mol. The zero-order chi connectivity index (χ0) is 15.8. The zero-order valence-corrected chi connectivity index (χ0v) is 10.5. The van der Waals surface area contributed by atoms with Crippen molar-refractivity contribution in [3.8, 4) is 0 Å². The molecule has 0 bridgehead atoms. The third kappa shape index (κ3) is 2.57. The number of amides is 1. The van der Waals surface area contributed by atoms with Crippen LogP contribution < -0.4 is 10.6 Å². The largest absolute Gasteiger partial charge is 0.404 e. The van der Waals surface area contributed by atoms with Gasteiger partial charge in [0.05, 0.1) is 5.69 Å². The molecule has 3 nitrogen and oxygen atoms in total. The number of benzene rings is 1. The fourth-order valence-corrected chi connectivity index (χ4v) is 2.12. The lowest BCUT2D eigenvalue weighted by Gasteiger charge is -2.29. The number of hydrogen-bond acceptors (Lipinski definition) is 2. The molecule has 2 N–H and O–H groups in total. The maximum atomic E-state index is 13.4. The number of alkyl halides is 3. The molecule has 0 aromatic heterocycles. The van der Waals surface area contributed by atoms with Gasteiger partial charge in [0.15, 0.2) is 22.9 Å². The normalized spacial score (nSPS) is 22.4. The van der Waals surface area contributed by atoms with E-state index in [1.807, 2.05) is 0 Å². The number of nitrogens with one attached hydrogen (secondary N) is 2. The third-order valence-electron chi connectivity index (χ3n) is 3.42. The third-order valence-corrected chi connectivity index (χ3v) is 3.42. The zero-order valence-electron chi connectivity index (χ0n) is 10.5. The molecule has 1 atom stereocenters. The first-order valence-corrected chi connectivity index (χ1v) is 5.91. The fourth-order valence-electron chi connectivity index (χ4n) is 2.12. The van der Waals surface area contributed by atoms with Crippen molar-refractivity contribution >= 4 is 11.6 Å². The second-order valence-electron chi connectivity index (χ2n) is 4.68. The molecule has 1 aromatic rings. The molecule has 116 valence electrons. The van der Waals surface area contributed by atoms with Crippen LogP contribution in [0, 0.1) is 22.9 Å². The molecule has 1 heterocycles. The Hall–Kier alpha value is -1.77. The Balaban J connectivity index is 2.31. The van der Waals surface area contributed by atoms with Gasteiger partial charge in [0.1, 0.15) is 0 Å². The molecule has 1 aliphatic heterocycles. The van der Waals surface area contributed by atoms with E-state index < -0.39 is 53.6 Å². The molecule has 2 rings (SSSR count). The molecule has 0 aliphatic carbocycles. The van der Waals surface area contributed by atoms with Crippen LogP contribution >= 0.6 is 0 Å². The van der Waals surface area contributed by atoms with Gasteiger partial charge >= 0.3 is 6.18 Å². The second-order valence-corrected chi connectivity index (χ2v) is 4.68. The van der Waals surface area contributed by atoms with Crippen molar-refractivity contribution in [1.82, 2.24) is 5.32 Å². The summed E-state index contributed by atoms with van der Waals surface area (Å²) in [6, 6.07) is 1.18. The first-order chi connectivity index (χ1) is 9.69. The van der Waals surface area contributed by atoms with E-state index in [2.05, 4.69) is 5.32 Å². The number of carbonyl (C=O) groups is 1. The van der Waals surface area contributed by atoms with Crippen molar-refractivity contribution in [2.45, 2.75) is 12.6 Å². The molecule has 21 heavy (non-hydrogen) atoms. The summed E-state index contributed by atoms with van der Waals surface area (Å²) in [5.41, 5.74) is -3.56. The summed E-state index contributed by atoms with van der Waals surface area (Å²) in [6.45, 7) is -0.694. The summed E-state index contributed by atoms with van der Waals surface area (Å²) in [5, 5.41) is 4.10. The van der Waals surface area contributed by atoms with E-state index >= 15 is 0 Å². The van der Waals surface area contributed by atoms with Crippen molar-refractivity contribution in [1.29, 1.82) is 0 Å². The van der Waals surface area contributed by atoms with Gasteiger partial charge in [-0.1, -0.05) is 0 Å². The summed E-state index contributed by atoms with van der Waals surface area (Å²) in [7, 11) is 0. The van der Waals surface area contributed by atoms with E-state index in [0.717, 1.165) is 0 Å². The summed E-state index contributed by atoms with van der Waals surface area (Å²) >= 11 is 0. The van der Waals surface area contributed by atoms with Crippen LogP contribution in [0.15, 0.2) is 12.1 Å². The van der Waals surface area contributed by atoms with Gasteiger partial charge in [-0.05, 0) is 25.1 Å². The first-order valence-electron chi connectivity index (χ1n) is 5.91. The van der Waals surface area contributed by atoms with Crippen LogP contribution in [0.1, 0.15) is 6.42 Å². The van der Waals surface area contributed by atoms with Crippen LogP contribution in [0.2, 0.25) is 0 Å². The Kier molecular flexibility index (Phi) is 3.87. The van der Waals surface area contributed by atoms with Crippen molar-refractivity contribution in [3.05, 3.63) is 29.6 Å². The molecule has 1 fully saturated rings. The number of anilines is 1. The first kappa shape index (κ1) is 15.6. The number of rotatable bonds is 2. The predicted molar refractivity (Wildman–Crippen MR) is 60.9 cm³/mol. The lowest BCUT2D eigenvalue weighted by molar-refractivity contribution is -0.213. The average molecular weight is 312 g/mol. The highest BCUT2D eigenvalue weighted by Crippen LogP contribution is 2.44. The van der Waals surface area contributed by atoms with E-state index in [4.69, 9.17) is 0 Å². The Morgan fingerprint density at radius 3 is 2.38 bits per heavy atom. The van der Waals surface area contributed by atoms with Gasteiger partial charge in [0.2, 0.25) is 5.91 Å². The van der Waals surface area contributed by atoms with Gasteiger partial charge < -0.3 is 10.6 Å². The molecule has 0 spiro atoms. The van der Waals surface area contributed by atoms with Crippen LogP contribution in [0.4, 0.5) is 32.0 Å². The highest BCUT2D eigenvalue weighted by molar-refractivity contribution is 5.96. The molecule has 1 aromatic carbocycles. The van der Waals surface area contributed by atoms with Crippen molar-refractivity contribution < 1.29 is 31.1 Å². The standard InChI is InChI=1S/C12H10F6N2O/c13-6-1-2-7(9(15)8(6)14)20-10(21)11(12(16,17)18)3-4-19-5-11/h1-2,19H,3-5H2,(H,20,21). The number of hydrogen-bond donors (Lipinski definition) is 2.